The molecule has 2 atom stereocenters. The topological polar surface area (TPSA) is 88.2 Å². The van der Waals surface area contributed by atoms with Crippen molar-refractivity contribution in [3.63, 3.8) is 0 Å². The van der Waals surface area contributed by atoms with Gasteiger partial charge in [0.2, 0.25) is 0 Å². The lowest BCUT2D eigenvalue weighted by Crippen LogP contribution is -2.58. The minimum Gasteiger partial charge on any atom is -0.378 e. The molecule has 0 aromatic heterocycles. The van der Waals surface area contributed by atoms with Gasteiger partial charge in [-0.15, -0.1) is 0 Å². The first kappa shape index (κ1) is 15.3. The summed E-state index contributed by atoms with van der Waals surface area (Å²) in [4.78, 5) is 10.7. The minimum absolute atomic E-state index is 0.0651. The van der Waals surface area contributed by atoms with Gasteiger partial charge in [-0.1, -0.05) is 13.8 Å². The van der Waals surface area contributed by atoms with Crippen LogP contribution in [-0.4, -0.2) is 23.7 Å². The van der Waals surface area contributed by atoms with Gasteiger partial charge in [0.1, 0.15) is 5.69 Å². The standard InChI is InChI=1S/C15H19N3O3/c1-4-21-14-8-13(15(14,2)3)17-11-6-5-10(9-16)7-12(11)18(19)20/h5-7,13-14,17H,4,8H2,1-3H3. The molecule has 2 rings (SSSR count). The molecule has 0 radical (unpaired) electrons. The highest BCUT2D eigenvalue weighted by atomic mass is 16.6. The first-order chi connectivity index (χ1) is 9.90. The van der Waals surface area contributed by atoms with Crippen LogP contribution in [0.1, 0.15) is 32.8 Å². The summed E-state index contributed by atoms with van der Waals surface area (Å²) in [6.45, 7) is 6.80. The van der Waals surface area contributed by atoms with Gasteiger partial charge in [-0.2, -0.15) is 5.26 Å². The minimum atomic E-state index is -0.463. The molecule has 1 saturated carbocycles. The van der Waals surface area contributed by atoms with Gasteiger partial charge in [0.05, 0.1) is 22.7 Å². The molecule has 1 aliphatic carbocycles. The lowest BCUT2D eigenvalue weighted by atomic mass is 9.64. The molecule has 0 aliphatic heterocycles. The van der Waals surface area contributed by atoms with Crippen LogP contribution in [0.25, 0.3) is 0 Å². The Morgan fingerprint density at radius 1 is 1.57 bits per heavy atom. The van der Waals surface area contributed by atoms with Crippen molar-refractivity contribution in [2.75, 3.05) is 11.9 Å². The Labute approximate surface area is 123 Å². The maximum absolute atomic E-state index is 11.1. The van der Waals surface area contributed by atoms with Crippen molar-refractivity contribution in [1.82, 2.24) is 0 Å². The van der Waals surface area contributed by atoms with E-state index in [1.165, 1.54) is 6.07 Å². The van der Waals surface area contributed by atoms with E-state index in [1.54, 1.807) is 12.1 Å². The molecular formula is C15H19N3O3. The molecule has 0 bridgehead atoms. The summed E-state index contributed by atoms with van der Waals surface area (Å²) in [7, 11) is 0. The average Bonchev–Trinajstić information content (AvgIpc) is 2.46. The van der Waals surface area contributed by atoms with Crippen LogP contribution >= 0.6 is 0 Å². The van der Waals surface area contributed by atoms with Crippen molar-refractivity contribution in [2.45, 2.75) is 39.3 Å². The lowest BCUT2D eigenvalue weighted by Gasteiger charge is -2.51. The second kappa shape index (κ2) is 5.70. The van der Waals surface area contributed by atoms with Gasteiger partial charge < -0.3 is 10.1 Å². The van der Waals surface area contributed by atoms with E-state index in [0.29, 0.717) is 12.3 Å². The molecule has 0 saturated heterocycles. The summed E-state index contributed by atoms with van der Waals surface area (Å²) in [6, 6.07) is 6.51. The van der Waals surface area contributed by atoms with Crippen LogP contribution in [0.2, 0.25) is 0 Å². The van der Waals surface area contributed by atoms with Crippen LogP contribution in [-0.2, 0) is 4.74 Å². The van der Waals surface area contributed by atoms with Crippen LogP contribution < -0.4 is 5.32 Å². The molecule has 1 N–H and O–H groups in total. The van der Waals surface area contributed by atoms with Crippen LogP contribution in [0, 0.1) is 26.9 Å². The average molecular weight is 289 g/mol. The van der Waals surface area contributed by atoms with Crippen LogP contribution in [0.3, 0.4) is 0 Å². The monoisotopic (exact) mass is 289 g/mol. The van der Waals surface area contributed by atoms with Gasteiger partial charge in [0.25, 0.3) is 5.69 Å². The third kappa shape index (κ3) is 2.83. The zero-order chi connectivity index (χ0) is 15.6. The van der Waals surface area contributed by atoms with Crippen LogP contribution in [0.4, 0.5) is 11.4 Å². The fraction of sp³-hybridized carbons (Fsp3) is 0.533. The maximum Gasteiger partial charge on any atom is 0.293 e. The second-order valence-corrected chi connectivity index (χ2v) is 5.80. The molecule has 6 heteroatoms. The van der Waals surface area contributed by atoms with Gasteiger partial charge in [0, 0.05) is 24.1 Å². The third-order valence-corrected chi connectivity index (χ3v) is 4.20. The van der Waals surface area contributed by atoms with E-state index in [0.717, 1.165) is 6.42 Å². The van der Waals surface area contributed by atoms with Gasteiger partial charge in [-0.3, -0.25) is 10.1 Å². The molecule has 1 aromatic rings. The first-order valence-corrected chi connectivity index (χ1v) is 6.96. The Kier molecular flexibility index (Phi) is 4.14. The Morgan fingerprint density at radius 3 is 2.81 bits per heavy atom. The SMILES string of the molecule is CCOC1CC(Nc2ccc(C#N)cc2[N+](=O)[O-])C1(C)C. The van der Waals surface area contributed by atoms with E-state index < -0.39 is 4.92 Å². The van der Waals surface area contributed by atoms with Gasteiger partial charge in [0.15, 0.2) is 0 Å². The number of benzene rings is 1. The van der Waals surface area contributed by atoms with E-state index in [1.807, 2.05) is 13.0 Å². The van der Waals surface area contributed by atoms with Crippen molar-refractivity contribution >= 4 is 11.4 Å². The number of nitro groups is 1. The number of anilines is 1. The fourth-order valence-corrected chi connectivity index (χ4v) is 2.68. The highest BCUT2D eigenvalue weighted by Gasteiger charge is 2.49. The fourth-order valence-electron chi connectivity index (χ4n) is 2.68. The third-order valence-electron chi connectivity index (χ3n) is 4.20. The molecule has 1 fully saturated rings. The second-order valence-electron chi connectivity index (χ2n) is 5.80. The Balaban J connectivity index is 2.18. The number of hydrogen-bond donors (Lipinski definition) is 1. The summed E-state index contributed by atoms with van der Waals surface area (Å²) >= 11 is 0. The summed E-state index contributed by atoms with van der Waals surface area (Å²) in [6.07, 6.45) is 0.982. The quantitative estimate of drug-likeness (QED) is 0.664. The molecular weight excluding hydrogens is 270 g/mol. The Hall–Kier alpha value is -2.13. The number of nitro benzene ring substituents is 1. The van der Waals surface area contributed by atoms with E-state index >= 15 is 0 Å². The summed E-state index contributed by atoms with van der Waals surface area (Å²) in [5.74, 6) is 0. The van der Waals surface area contributed by atoms with E-state index in [4.69, 9.17) is 10.00 Å². The van der Waals surface area contributed by atoms with E-state index in [9.17, 15) is 10.1 Å². The van der Waals surface area contributed by atoms with Crippen molar-refractivity contribution in [3.8, 4) is 6.07 Å². The van der Waals surface area contributed by atoms with Gasteiger partial charge in [-0.05, 0) is 25.5 Å². The number of nitrogens with zero attached hydrogens (tertiary/aromatic N) is 2. The van der Waals surface area contributed by atoms with Crippen LogP contribution in [0.15, 0.2) is 18.2 Å². The summed E-state index contributed by atoms with van der Waals surface area (Å²) in [5, 5.41) is 23.2. The lowest BCUT2D eigenvalue weighted by molar-refractivity contribution is -0.384. The molecule has 1 aliphatic rings. The maximum atomic E-state index is 11.1. The molecule has 0 heterocycles. The predicted molar refractivity (Wildman–Crippen MR) is 79.0 cm³/mol. The molecule has 6 nitrogen and oxygen atoms in total. The molecule has 21 heavy (non-hydrogen) atoms. The van der Waals surface area contributed by atoms with Crippen molar-refractivity contribution in [3.05, 3.63) is 33.9 Å². The van der Waals surface area contributed by atoms with Gasteiger partial charge >= 0.3 is 0 Å². The largest absolute Gasteiger partial charge is 0.378 e. The smallest absolute Gasteiger partial charge is 0.293 e. The number of hydrogen-bond acceptors (Lipinski definition) is 5. The highest BCUT2D eigenvalue weighted by Crippen LogP contribution is 2.45. The molecule has 112 valence electrons. The zero-order valence-electron chi connectivity index (χ0n) is 12.4. The summed E-state index contributed by atoms with van der Waals surface area (Å²) in [5.41, 5.74) is 0.585. The van der Waals surface area contributed by atoms with E-state index in [-0.39, 0.29) is 28.8 Å². The summed E-state index contributed by atoms with van der Waals surface area (Å²) < 4.78 is 5.66. The van der Waals surface area contributed by atoms with Crippen molar-refractivity contribution in [1.29, 1.82) is 5.26 Å². The normalized spacial score (nSPS) is 23.0. The molecule has 2 unspecified atom stereocenters. The molecule has 0 amide bonds. The Morgan fingerprint density at radius 2 is 2.29 bits per heavy atom. The number of nitrogens with one attached hydrogen (secondary N) is 1. The van der Waals surface area contributed by atoms with Gasteiger partial charge in [-0.25, -0.2) is 0 Å². The Bertz CT molecular complexity index is 592. The number of rotatable bonds is 5. The zero-order valence-corrected chi connectivity index (χ0v) is 12.4. The number of ether oxygens (including phenoxy) is 1. The number of nitriles is 1. The predicted octanol–water partition coefficient (Wildman–Crippen LogP) is 3.08. The van der Waals surface area contributed by atoms with Crippen molar-refractivity contribution < 1.29 is 9.66 Å². The highest BCUT2D eigenvalue weighted by molar-refractivity contribution is 5.64. The van der Waals surface area contributed by atoms with Crippen molar-refractivity contribution in [2.24, 2.45) is 5.41 Å². The van der Waals surface area contributed by atoms with Crippen LogP contribution in [0.5, 0.6) is 0 Å². The van der Waals surface area contributed by atoms with E-state index in [2.05, 4.69) is 19.2 Å². The molecule has 1 aromatic carbocycles. The first-order valence-electron chi connectivity index (χ1n) is 6.96. The molecule has 0 spiro atoms.